The maximum atomic E-state index is 14.0. The molecule has 0 aliphatic heterocycles. The Labute approximate surface area is 164 Å². The summed E-state index contributed by atoms with van der Waals surface area (Å²) in [6.45, 7) is 3.59. The van der Waals surface area contributed by atoms with E-state index in [4.69, 9.17) is 5.73 Å². The maximum absolute atomic E-state index is 14.0. The fourth-order valence-corrected chi connectivity index (χ4v) is 2.58. The highest BCUT2D eigenvalue weighted by atomic mass is 35.5. The predicted molar refractivity (Wildman–Crippen MR) is 109 cm³/mol. The average Bonchev–Trinajstić information content (AvgIpc) is 2.58. The van der Waals surface area contributed by atoms with Gasteiger partial charge in [0.2, 0.25) is 11.8 Å². The van der Waals surface area contributed by atoms with Gasteiger partial charge in [-0.05, 0) is 37.1 Å². The first kappa shape index (κ1) is 22.6. The zero-order valence-corrected chi connectivity index (χ0v) is 16.2. The second kappa shape index (κ2) is 10.0. The van der Waals surface area contributed by atoms with E-state index in [-0.39, 0.29) is 36.3 Å². The molecule has 27 heavy (non-hydrogen) atoms. The molecule has 4 N–H and O–H groups in total. The summed E-state index contributed by atoms with van der Waals surface area (Å²) in [7, 11) is 0. The van der Waals surface area contributed by atoms with E-state index < -0.39 is 11.4 Å². The van der Waals surface area contributed by atoms with Crippen LogP contribution in [0.4, 0.5) is 15.8 Å². The van der Waals surface area contributed by atoms with E-state index in [1.165, 1.54) is 18.2 Å². The van der Waals surface area contributed by atoms with Crippen LogP contribution in [-0.2, 0) is 16.0 Å². The summed E-state index contributed by atoms with van der Waals surface area (Å²) in [6, 6.07) is 13.2. The molecule has 0 spiro atoms. The number of carbonyl (C=O) groups is 2. The maximum Gasteiger partial charge on any atom is 0.244 e. The molecule has 0 saturated heterocycles. The van der Waals surface area contributed by atoms with Gasteiger partial charge < -0.3 is 16.4 Å². The third-order valence-corrected chi connectivity index (χ3v) is 3.99. The lowest BCUT2D eigenvalue weighted by molar-refractivity contribution is -0.120. The van der Waals surface area contributed by atoms with Crippen LogP contribution in [0.15, 0.2) is 48.5 Å². The third kappa shape index (κ3) is 6.66. The van der Waals surface area contributed by atoms with E-state index in [1.54, 1.807) is 6.92 Å². The summed E-state index contributed by atoms with van der Waals surface area (Å²) in [5, 5.41) is 5.22. The molecule has 1 atom stereocenters. The number of rotatable bonds is 7. The van der Waals surface area contributed by atoms with Crippen molar-refractivity contribution in [3.05, 3.63) is 59.9 Å². The van der Waals surface area contributed by atoms with Gasteiger partial charge in [-0.2, -0.15) is 0 Å². The zero-order chi connectivity index (χ0) is 19.2. The van der Waals surface area contributed by atoms with Crippen molar-refractivity contribution in [2.24, 2.45) is 5.73 Å². The molecular weight excluding hydrogens is 369 g/mol. The van der Waals surface area contributed by atoms with Crippen LogP contribution < -0.4 is 16.4 Å². The van der Waals surface area contributed by atoms with Crippen molar-refractivity contribution in [3.8, 4) is 0 Å². The average molecular weight is 394 g/mol. The van der Waals surface area contributed by atoms with Crippen LogP contribution >= 0.6 is 12.4 Å². The Hall–Kier alpha value is -2.44. The fourth-order valence-electron chi connectivity index (χ4n) is 2.58. The molecule has 0 aliphatic rings. The lowest BCUT2D eigenvalue weighted by Crippen LogP contribution is -2.48. The minimum absolute atomic E-state index is 0. The summed E-state index contributed by atoms with van der Waals surface area (Å²) in [4.78, 5) is 24.4. The second-order valence-electron chi connectivity index (χ2n) is 6.53. The molecule has 5 nitrogen and oxygen atoms in total. The van der Waals surface area contributed by atoms with Crippen LogP contribution in [0.5, 0.6) is 0 Å². The first-order chi connectivity index (χ1) is 12.3. The van der Waals surface area contributed by atoms with Crippen molar-refractivity contribution in [1.29, 1.82) is 0 Å². The van der Waals surface area contributed by atoms with E-state index in [0.717, 1.165) is 12.0 Å². The summed E-state index contributed by atoms with van der Waals surface area (Å²) < 4.78 is 14.0. The van der Waals surface area contributed by atoms with Crippen molar-refractivity contribution >= 4 is 35.6 Å². The third-order valence-electron chi connectivity index (χ3n) is 3.99. The molecule has 0 aromatic heterocycles. The monoisotopic (exact) mass is 393 g/mol. The molecule has 2 aromatic carbocycles. The Kier molecular flexibility index (Phi) is 8.40. The van der Waals surface area contributed by atoms with Crippen molar-refractivity contribution in [1.82, 2.24) is 0 Å². The van der Waals surface area contributed by atoms with Gasteiger partial charge in [0.1, 0.15) is 5.82 Å². The fraction of sp³-hybridized carbons (Fsp3) is 0.300. The van der Waals surface area contributed by atoms with Crippen molar-refractivity contribution in [3.63, 3.8) is 0 Å². The number of nitrogens with two attached hydrogens (primary N) is 1. The second-order valence-corrected chi connectivity index (χ2v) is 6.53. The van der Waals surface area contributed by atoms with Crippen LogP contribution in [0.2, 0.25) is 0 Å². The van der Waals surface area contributed by atoms with Crippen LogP contribution in [-0.4, -0.2) is 17.4 Å². The highest BCUT2D eigenvalue weighted by Gasteiger charge is 2.27. The number of amides is 2. The zero-order valence-electron chi connectivity index (χ0n) is 15.4. The van der Waals surface area contributed by atoms with Gasteiger partial charge in [0, 0.05) is 5.69 Å². The van der Waals surface area contributed by atoms with Gasteiger partial charge in [-0.1, -0.05) is 43.7 Å². The lowest BCUT2D eigenvalue weighted by atomic mass is 9.96. The molecule has 146 valence electrons. The van der Waals surface area contributed by atoms with Crippen molar-refractivity contribution < 1.29 is 14.0 Å². The number of halogens is 2. The summed E-state index contributed by atoms with van der Waals surface area (Å²) in [5.74, 6) is -1.27. The van der Waals surface area contributed by atoms with E-state index in [0.29, 0.717) is 12.1 Å². The van der Waals surface area contributed by atoms with Gasteiger partial charge >= 0.3 is 0 Å². The highest BCUT2D eigenvalue weighted by molar-refractivity contribution is 5.99. The van der Waals surface area contributed by atoms with Gasteiger partial charge in [0.25, 0.3) is 0 Å². The largest absolute Gasteiger partial charge is 0.324 e. The van der Waals surface area contributed by atoms with E-state index in [1.807, 2.05) is 37.3 Å². The van der Waals surface area contributed by atoms with E-state index in [9.17, 15) is 14.0 Å². The van der Waals surface area contributed by atoms with Crippen molar-refractivity contribution in [2.45, 2.75) is 38.6 Å². The first-order valence-electron chi connectivity index (χ1n) is 8.55. The van der Waals surface area contributed by atoms with Gasteiger partial charge in [-0.25, -0.2) is 4.39 Å². The van der Waals surface area contributed by atoms with Crippen molar-refractivity contribution in [2.75, 3.05) is 10.6 Å². The quantitative estimate of drug-likeness (QED) is 0.667. The first-order valence-corrected chi connectivity index (χ1v) is 8.55. The SMILES string of the molecule is CCCC(C)(N)C(=O)Nc1ccc(F)c(NC(=O)Cc2ccccc2)c1.Cl. The summed E-state index contributed by atoms with van der Waals surface area (Å²) >= 11 is 0. The molecule has 0 heterocycles. The number of nitrogens with one attached hydrogen (secondary N) is 2. The Morgan fingerprint density at radius 3 is 2.41 bits per heavy atom. The molecule has 7 heteroatoms. The number of hydrogen-bond acceptors (Lipinski definition) is 3. The van der Waals surface area contributed by atoms with E-state index >= 15 is 0 Å². The molecule has 0 bridgehead atoms. The van der Waals surface area contributed by atoms with E-state index in [2.05, 4.69) is 10.6 Å². The lowest BCUT2D eigenvalue weighted by Gasteiger charge is -2.23. The Balaban J connectivity index is 0.00000364. The minimum atomic E-state index is -1.01. The molecule has 1 unspecified atom stereocenters. The molecule has 2 aromatic rings. The smallest absolute Gasteiger partial charge is 0.244 e. The summed E-state index contributed by atoms with van der Waals surface area (Å²) in [5.41, 5.74) is 6.20. The number of hydrogen-bond donors (Lipinski definition) is 3. The molecular formula is C20H25ClFN3O2. The molecule has 0 aliphatic carbocycles. The van der Waals surface area contributed by atoms with Gasteiger partial charge in [0.15, 0.2) is 0 Å². The minimum Gasteiger partial charge on any atom is -0.324 e. The van der Waals surface area contributed by atoms with Gasteiger partial charge in [-0.15, -0.1) is 12.4 Å². The normalized spacial score (nSPS) is 12.4. The topological polar surface area (TPSA) is 84.2 Å². The predicted octanol–water partition coefficient (Wildman–Crippen LogP) is 3.88. The number of anilines is 2. The Bertz CT molecular complexity index is 782. The number of benzene rings is 2. The van der Waals surface area contributed by atoms with Crippen LogP contribution in [0, 0.1) is 5.82 Å². The van der Waals surface area contributed by atoms with Crippen LogP contribution in [0.25, 0.3) is 0 Å². The number of carbonyl (C=O) groups excluding carboxylic acids is 2. The van der Waals surface area contributed by atoms with Gasteiger partial charge in [0.05, 0.1) is 17.6 Å². The Morgan fingerprint density at radius 2 is 1.78 bits per heavy atom. The molecule has 0 saturated carbocycles. The van der Waals surface area contributed by atoms with Gasteiger partial charge in [-0.3, -0.25) is 9.59 Å². The molecule has 0 radical (unpaired) electrons. The molecule has 2 rings (SSSR count). The highest BCUT2D eigenvalue weighted by Crippen LogP contribution is 2.21. The van der Waals surface area contributed by atoms with Crippen LogP contribution in [0.3, 0.4) is 0 Å². The Morgan fingerprint density at radius 1 is 1.11 bits per heavy atom. The standard InChI is InChI=1S/C20H24FN3O2.ClH/c1-3-11-20(2,22)19(26)23-15-9-10-16(21)17(13-15)24-18(25)12-14-7-5-4-6-8-14;/h4-10,13H,3,11-12,22H2,1-2H3,(H,23,26)(H,24,25);1H. The molecule has 0 fully saturated rings. The summed E-state index contributed by atoms with van der Waals surface area (Å²) in [6.07, 6.45) is 1.43. The molecule has 2 amide bonds. The van der Waals surface area contributed by atoms with Crippen LogP contribution in [0.1, 0.15) is 32.3 Å².